The average Bonchev–Trinajstić information content (AvgIpc) is 2.41. The van der Waals surface area contributed by atoms with Gasteiger partial charge in [0.05, 0.1) is 5.92 Å². The second kappa shape index (κ2) is 5.85. The molecule has 0 aromatic carbocycles. The van der Waals surface area contributed by atoms with Crippen LogP contribution in [0, 0.1) is 5.92 Å². The van der Waals surface area contributed by atoms with E-state index in [0.717, 1.165) is 0 Å². The molecule has 1 saturated heterocycles. The topological polar surface area (TPSA) is 92.5 Å². The molecular weight excluding hydrogens is 262 g/mol. The zero-order chi connectivity index (χ0) is 14.7. The summed E-state index contributed by atoms with van der Waals surface area (Å²) in [4.78, 5) is 39.8. The second-order valence-electron chi connectivity index (χ2n) is 5.03. The van der Waals surface area contributed by atoms with Crippen LogP contribution in [0.15, 0.2) is 23.3 Å². The first kappa shape index (κ1) is 14.2. The van der Waals surface area contributed by atoms with Crippen molar-refractivity contribution in [3.63, 3.8) is 0 Å². The molecule has 2 unspecified atom stereocenters. The number of amides is 1. The highest BCUT2D eigenvalue weighted by Gasteiger charge is 2.32. The highest BCUT2D eigenvalue weighted by molar-refractivity contribution is 5.77. The fraction of sp³-hybridized carbons (Fsp3) is 0.538. The van der Waals surface area contributed by atoms with Gasteiger partial charge in [0.2, 0.25) is 5.91 Å². The third kappa shape index (κ3) is 3.04. The number of hydrogen-bond acceptors (Lipinski definition) is 4. The molecule has 0 aliphatic carbocycles. The monoisotopic (exact) mass is 279 g/mol. The molecule has 0 bridgehead atoms. The summed E-state index contributed by atoms with van der Waals surface area (Å²) in [5.74, 6) is -1.39. The number of rotatable bonds is 3. The Balaban J connectivity index is 2.02. The van der Waals surface area contributed by atoms with Crippen LogP contribution in [-0.4, -0.2) is 44.0 Å². The van der Waals surface area contributed by atoms with Crippen molar-refractivity contribution in [2.75, 3.05) is 6.54 Å². The largest absolute Gasteiger partial charge is 0.481 e. The Morgan fingerprint density at radius 1 is 1.50 bits per heavy atom. The molecule has 2 rings (SSSR count). The van der Waals surface area contributed by atoms with E-state index < -0.39 is 17.6 Å². The van der Waals surface area contributed by atoms with Crippen LogP contribution in [0.4, 0.5) is 0 Å². The number of carboxylic acids is 1. The Hall–Kier alpha value is -2.18. The van der Waals surface area contributed by atoms with E-state index in [0.29, 0.717) is 19.4 Å². The molecule has 0 spiro atoms. The van der Waals surface area contributed by atoms with Crippen LogP contribution in [0.5, 0.6) is 0 Å². The standard InChI is InChI=1S/C13H17N3O4/c1-9-7-10(12(18)19)3-6-16(9)11(17)8-15-5-2-4-14-13(15)20/h2,4-5,9-10H,3,6-8H2,1H3,(H,18,19). The van der Waals surface area contributed by atoms with E-state index in [1.165, 1.54) is 17.0 Å². The summed E-state index contributed by atoms with van der Waals surface area (Å²) in [6.45, 7) is 2.18. The van der Waals surface area contributed by atoms with Crippen LogP contribution in [-0.2, 0) is 16.1 Å². The summed E-state index contributed by atoms with van der Waals surface area (Å²) in [7, 11) is 0. The predicted octanol–water partition coefficient (Wildman–Crippen LogP) is -0.0450. The van der Waals surface area contributed by atoms with Crippen molar-refractivity contribution < 1.29 is 14.7 Å². The SMILES string of the molecule is CC1CC(C(=O)O)CCN1C(=O)Cn1cccnc1=O. The molecule has 1 aromatic rings. The quantitative estimate of drug-likeness (QED) is 0.837. The number of likely N-dealkylation sites (tertiary alicyclic amines) is 1. The number of piperidine rings is 1. The molecule has 7 nitrogen and oxygen atoms in total. The van der Waals surface area contributed by atoms with Gasteiger partial charge in [0, 0.05) is 25.0 Å². The lowest BCUT2D eigenvalue weighted by atomic mass is 9.92. The number of hydrogen-bond donors (Lipinski definition) is 1. The molecule has 1 aromatic heterocycles. The van der Waals surface area contributed by atoms with Crippen LogP contribution in [0.2, 0.25) is 0 Å². The zero-order valence-electron chi connectivity index (χ0n) is 11.2. The molecule has 1 amide bonds. The molecular formula is C13H17N3O4. The van der Waals surface area contributed by atoms with Crippen LogP contribution < -0.4 is 5.69 Å². The van der Waals surface area contributed by atoms with Crippen molar-refractivity contribution in [3.8, 4) is 0 Å². The van der Waals surface area contributed by atoms with E-state index in [-0.39, 0.29) is 18.5 Å². The third-order valence-electron chi connectivity index (χ3n) is 3.63. The summed E-state index contributed by atoms with van der Waals surface area (Å²) >= 11 is 0. The van der Waals surface area contributed by atoms with Crippen molar-refractivity contribution in [1.82, 2.24) is 14.5 Å². The second-order valence-corrected chi connectivity index (χ2v) is 5.03. The molecule has 1 N–H and O–H groups in total. The average molecular weight is 279 g/mol. The number of aliphatic carboxylic acids is 1. The van der Waals surface area contributed by atoms with Gasteiger partial charge in [-0.25, -0.2) is 9.78 Å². The van der Waals surface area contributed by atoms with Crippen molar-refractivity contribution in [2.45, 2.75) is 32.4 Å². The molecule has 1 aliphatic rings. The molecule has 2 atom stereocenters. The lowest BCUT2D eigenvalue weighted by molar-refractivity contribution is -0.147. The summed E-state index contributed by atoms with van der Waals surface area (Å²) in [5, 5.41) is 9.00. The van der Waals surface area contributed by atoms with Crippen molar-refractivity contribution in [1.29, 1.82) is 0 Å². The van der Waals surface area contributed by atoms with Gasteiger partial charge in [0.25, 0.3) is 0 Å². The maximum absolute atomic E-state index is 12.2. The van der Waals surface area contributed by atoms with Gasteiger partial charge < -0.3 is 10.0 Å². The summed E-state index contributed by atoms with van der Waals surface area (Å²) in [6.07, 6.45) is 3.79. The minimum absolute atomic E-state index is 0.0608. The molecule has 1 aliphatic heterocycles. The number of nitrogens with zero attached hydrogens (tertiary/aromatic N) is 3. The summed E-state index contributed by atoms with van der Waals surface area (Å²) in [5.41, 5.74) is -0.464. The molecule has 1 fully saturated rings. The Morgan fingerprint density at radius 3 is 2.85 bits per heavy atom. The number of carboxylic acid groups (broad SMARTS) is 1. The van der Waals surface area contributed by atoms with Gasteiger partial charge in [-0.15, -0.1) is 0 Å². The lowest BCUT2D eigenvalue weighted by Crippen LogP contribution is -2.47. The molecule has 2 heterocycles. The van der Waals surface area contributed by atoms with E-state index in [1.54, 1.807) is 11.0 Å². The highest BCUT2D eigenvalue weighted by Crippen LogP contribution is 2.23. The Morgan fingerprint density at radius 2 is 2.25 bits per heavy atom. The van der Waals surface area contributed by atoms with Crippen molar-refractivity contribution in [3.05, 3.63) is 28.9 Å². The third-order valence-corrected chi connectivity index (χ3v) is 3.63. The number of aromatic nitrogens is 2. The Bertz CT molecular complexity index is 569. The van der Waals surface area contributed by atoms with Gasteiger partial charge in [-0.05, 0) is 25.8 Å². The molecule has 7 heteroatoms. The van der Waals surface area contributed by atoms with E-state index in [2.05, 4.69) is 4.98 Å². The minimum atomic E-state index is -0.813. The molecule has 0 saturated carbocycles. The fourth-order valence-electron chi connectivity index (χ4n) is 2.51. The minimum Gasteiger partial charge on any atom is -0.481 e. The first-order valence-corrected chi connectivity index (χ1v) is 6.52. The summed E-state index contributed by atoms with van der Waals surface area (Å²) in [6, 6.07) is 1.46. The van der Waals surface area contributed by atoms with Crippen molar-refractivity contribution in [2.24, 2.45) is 5.92 Å². The van der Waals surface area contributed by atoms with Gasteiger partial charge in [-0.1, -0.05) is 0 Å². The van der Waals surface area contributed by atoms with Crippen LogP contribution in [0.25, 0.3) is 0 Å². The fourth-order valence-corrected chi connectivity index (χ4v) is 2.51. The first-order chi connectivity index (χ1) is 9.49. The Kier molecular flexibility index (Phi) is 4.16. The van der Waals surface area contributed by atoms with Crippen LogP contribution >= 0.6 is 0 Å². The lowest BCUT2D eigenvalue weighted by Gasteiger charge is -2.36. The smallest absolute Gasteiger partial charge is 0.347 e. The van der Waals surface area contributed by atoms with E-state index in [4.69, 9.17) is 5.11 Å². The van der Waals surface area contributed by atoms with Gasteiger partial charge in [-0.2, -0.15) is 0 Å². The molecule has 108 valence electrons. The zero-order valence-corrected chi connectivity index (χ0v) is 11.2. The van der Waals surface area contributed by atoms with Crippen LogP contribution in [0.3, 0.4) is 0 Å². The van der Waals surface area contributed by atoms with E-state index >= 15 is 0 Å². The van der Waals surface area contributed by atoms with Gasteiger partial charge in [0.1, 0.15) is 6.54 Å². The Labute approximate surface area is 115 Å². The molecule has 20 heavy (non-hydrogen) atoms. The number of carbonyl (C=O) groups is 2. The maximum Gasteiger partial charge on any atom is 0.347 e. The van der Waals surface area contributed by atoms with Crippen LogP contribution in [0.1, 0.15) is 19.8 Å². The van der Waals surface area contributed by atoms with E-state index in [9.17, 15) is 14.4 Å². The molecule has 0 radical (unpaired) electrons. The first-order valence-electron chi connectivity index (χ1n) is 6.52. The summed E-state index contributed by atoms with van der Waals surface area (Å²) < 4.78 is 1.25. The van der Waals surface area contributed by atoms with Gasteiger partial charge >= 0.3 is 11.7 Å². The van der Waals surface area contributed by atoms with Gasteiger partial charge in [-0.3, -0.25) is 14.2 Å². The van der Waals surface area contributed by atoms with Gasteiger partial charge in [0.15, 0.2) is 0 Å². The van der Waals surface area contributed by atoms with E-state index in [1.807, 2.05) is 6.92 Å². The predicted molar refractivity (Wildman–Crippen MR) is 70.0 cm³/mol. The highest BCUT2D eigenvalue weighted by atomic mass is 16.4. The maximum atomic E-state index is 12.2. The normalized spacial score (nSPS) is 22.6. The number of carbonyl (C=O) groups excluding carboxylic acids is 1. The van der Waals surface area contributed by atoms with Crippen molar-refractivity contribution >= 4 is 11.9 Å².